The molecule has 1 unspecified atom stereocenters. The largest absolute Gasteiger partial charge is 0.380 e. The molecule has 0 bridgehead atoms. The van der Waals surface area contributed by atoms with Gasteiger partial charge in [-0.05, 0) is 36.2 Å². The summed E-state index contributed by atoms with van der Waals surface area (Å²) in [5, 5.41) is 6.01. The second kappa shape index (κ2) is 7.77. The molecule has 1 aromatic heterocycles. The topological polar surface area (TPSA) is 74.3 Å². The van der Waals surface area contributed by atoms with Crippen LogP contribution in [0.2, 0.25) is 0 Å². The van der Waals surface area contributed by atoms with E-state index in [2.05, 4.69) is 38.1 Å². The maximum atomic E-state index is 11.4. The molecule has 0 radical (unpaired) electrons. The lowest BCUT2D eigenvalue weighted by Crippen LogP contribution is -2.26. The van der Waals surface area contributed by atoms with Gasteiger partial charge in [0.2, 0.25) is 10.0 Å². The van der Waals surface area contributed by atoms with Crippen LogP contribution < -0.4 is 10.0 Å². The predicted octanol–water partition coefficient (Wildman–Crippen LogP) is 3.29. The van der Waals surface area contributed by atoms with Crippen molar-refractivity contribution < 1.29 is 8.42 Å². The molecule has 0 aliphatic carbocycles. The Labute approximate surface area is 165 Å². The average Bonchev–Trinajstić information content (AvgIpc) is 3.08. The van der Waals surface area contributed by atoms with Gasteiger partial charge in [-0.25, -0.2) is 8.42 Å². The summed E-state index contributed by atoms with van der Waals surface area (Å²) >= 11 is 0. The van der Waals surface area contributed by atoms with Crippen molar-refractivity contribution in [2.45, 2.75) is 19.0 Å². The molecule has 6 nitrogen and oxygen atoms in total. The molecule has 4 rings (SSSR count). The lowest BCUT2D eigenvalue weighted by atomic mass is 10.1. The quantitative estimate of drug-likeness (QED) is 0.669. The molecule has 0 spiro atoms. The van der Waals surface area contributed by atoms with Crippen molar-refractivity contribution in [3.8, 4) is 0 Å². The molecular weight excluding hydrogens is 372 g/mol. The van der Waals surface area contributed by atoms with Crippen LogP contribution in [0.3, 0.4) is 0 Å². The van der Waals surface area contributed by atoms with E-state index in [4.69, 9.17) is 0 Å². The van der Waals surface area contributed by atoms with Crippen LogP contribution in [0.1, 0.15) is 12.0 Å². The summed E-state index contributed by atoms with van der Waals surface area (Å²) in [5.41, 5.74) is 2.86. The molecule has 1 aliphatic heterocycles. The highest BCUT2D eigenvalue weighted by Gasteiger charge is 2.22. The number of anilines is 2. The first-order valence-electron chi connectivity index (χ1n) is 9.35. The molecule has 1 saturated heterocycles. The zero-order chi connectivity index (χ0) is 19.6. The van der Waals surface area contributed by atoms with Gasteiger partial charge in [0.05, 0.1) is 6.26 Å². The number of nitrogens with zero attached hydrogens (tertiary/aromatic N) is 2. The average molecular weight is 397 g/mol. The van der Waals surface area contributed by atoms with Crippen molar-refractivity contribution in [3.63, 3.8) is 0 Å². The number of likely N-dealkylation sites (tertiary alicyclic amines) is 1. The Morgan fingerprint density at radius 2 is 2.04 bits per heavy atom. The van der Waals surface area contributed by atoms with Crippen LogP contribution in [0.5, 0.6) is 0 Å². The van der Waals surface area contributed by atoms with Gasteiger partial charge in [0.25, 0.3) is 0 Å². The van der Waals surface area contributed by atoms with Crippen LogP contribution in [0, 0.1) is 0 Å². The van der Waals surface area contributed by atoms with Crippen molar-refractivity contribution in [3.05, 3.63) is 66.5 Å². The van der Waals surface area contributed by atoms with Gasteiger partial charge in [-0.3, -0.25) is 14.6 Å². The van der Waals surface area contributed by atoms with Crippen molar-refractivity contribution in [1.82, 2.24) is 9.88 Å². The number of fused-ring (bicyclic) bond motifs is 1. The molecule has 1 atom stereocenters. The van der Waals surface area contributed by atoms with Gasteiger partial charge >= 0.3 is 0 Å². The number of hydrogen-bond acceptors (Lipinski definition) is 5. The molecule has 2 aromatic carbocycles. The van der Waals surface area contributed by atoms with E-state index < -0.39 is 10.0 Å². The number of rotatable bonds is 6. The number of benzene rings is 2. The fraction of sp³-hybridized carbons (Fsp3) is 0.286. The zero-order valence-electron chi connectivity index (χ0n) is 15.8. The van der Waals surface area contributed by atoms with Crippen LogP contribution in [-0.2, 0) is 16.6 Å². The molecule has 0 amide bonds. The minimum atomic E-state index is -3.26. The predicted molar refractivity (Wildman–Crippen MR) is 114 cm³/mol. The zero-order valence-corrected chi connectivity index (χ0v) is 16.6. The molecule has 28 heavy (non-hydrogen) atoms. The first-order valence-corrected chi connectivity index (χ1v) is 11.2. The Balaban J connectivity index is 1.40. The molecule has 1 aliphatic rings. The molecule has 7 heteroatoms. The molecule has 146 valence electrons. The summed E-state index contributed by atoms with van der Waals surface area (Å²) in [5.74, 6) is 0. The van der Waals surface area contributed by atoms with Crippen LogP contribution in [0.4, 0.5) is 11.4 Å². The lowest BCUT2D eigenvalue weighted by Gasteiger charge is -2.19. The summed E-state index contributed by atoms with van der Waals surface area (Å²) in [6.07, 6.45) is 5.95. The third kappa shape index (κ3) is 4.61. The highest BCUT2D eigenvalue weighted by molar-refractivity contribution is 7.92. The van der Waals surface area contributed by atoms with Crippen LogP contribution >= 0.6 is 0 Å². The summed E-state index contributed by atoms with van der Waals surface area (Å²) in [7, 11) is -3.26. The Morgan fingerprint density at radius 3 is 2.89 bits per heavy atom. The van der Waals surface area contributed by atoms with Gasteiger partial charge < -0.3 is 5.32 Å². The highest BCUT2D eigenvalue weighted by Crippen LogP contribution is 2.25. The number of nitrogens with one attached hydrogen (secondary N) is 2. The van der Waals surface area contributed by atoms with E-state index in [-0.39, 0.29) is 0 Å². The van der Waals surface area contributed by atoms with Crippen molar-refractivity contribution in [1.29, 1.82) is 0 Å². The lowest BCUT2D eigenvalue weighted by molar-refractivity contribution is 0.329. The third-order valence-corrected chi connectivity index (χ3v) is 5.56. The SMILES string of the molecule is CS(=O)(=O)Nc1cccc(CN2CCC(Nc3cccc4cnccc34)C2)c1. The molecule has 3 aromatic rings. The Hall–Kier alpha value is -2.64. The fourth-order valence-electron chi connectivity index (χ4n) is 3.77. The van der Waals surface area contributed by atoms with E-state index in [0.717, 1.165) is 42.7 Å². The minimum Gasteiger partial charge on any atom is -0.380 e. The Morgan fingerprint density at radius 1 is 1.18 bits per heavy atom. The molecule has 2 N–H and O–H groups in total. The smallest absolute Gasteiger partial charge is 0.229 e. The van der Waals surface area contributed by atoms with E-state index >= 15 is 0 Å². The first kappa shape index (κ1) is 18.7. The highest BCUT2D eigenvalue weighted by atomic mass is 32.2. The number of sulfonamides is 1. The van der Waals surface area contributed by atoms with Gasteiger partial charge in [0.15, 0.2) is 0 Å². The fourth-order valence-corrected chi connectivity index (χ4v) is 4.32. The Kier molecular flexibility index (Phi) is 5.19. The van der Waals surface area contributed by atoms with Gasteiger partial charge in [-0.1, -0.05) is 24.3 Å². The van der Waals surface area contributed by atoms with Gasteiger partial charge in [-0.2, -0.15) is 0 Å². The number of aromatic nitrogens is 1. The molecule has 2 heterocycles. The van der Waals surface area contributed by atoms with Crippen molar-refractivity contribution in [2.75, 3.05) is 29.4 Å². The van der Waals surface area contributed by atoms with Crippen LogP contribution in [0.25, 0.3) is 10.8 Å². The second-order valence-electron chi connectivity index (χ2n) is 7.34. The summed E-state index contributed by atoms with van der Waals surface area (Å²) in [6.45, 7) is 2.76. The van der Waals surface area contributed by atoms with Crippen molar-refractivity contribution in [2.24, 2.45) is 0 Å². The molecular formula is C21H24N4O2S. The molecule has 0 saturated carbocycles. The van der Waals surface area contributed by atoms with E-state index in [0.29, 0.717) is 11.7 Å². The number of pyridine rings is 1. The first-order chi connectivity index (χ1) is 13.5. The summed E-state index contributed by atoms with van der Waals surface area (Å²) < 4.78 is 25.4. The standard InChI is InChI=1S/C21H24N4O2S/c1-28(26,27)24-18-6-2-4-16(12-18)14-25-11-9-19(15-25)23-21-7-3-5-17-13-22-10-8-20(17)21/h2-8,10,12-13,19,23-24H,9,11,14-15H2,1H3. The van der Waals surface area contributed by atoms with E-state index in [9.17, 15) is 8.42 Å². The van der Waals surface area contributed by atoms with E-state index in [1.54, 1.807) is 6.07 Å². The van der Waals surface area contributed by atoms with E-state index in [1.807, 2.05) is 36.7 Å². The van der Waals surface area contributed by atoms with Gasteiger partial charge in [0, 0.05) is 60.2 Å². The van der Waals surface area contributed by atoms with Crippen molar-refractivity contribution >= 4 is 32.2 Å². The third-order valence-electron chi connectivity index (χ3n) is 4.95. The maximum absolute atomic E-state index is 11.4. The van der Waals surface area contributed by atoms with Gasteiger partial charge in [-0.15, -0.1) is 0 Å². The van der Waals surface area contributed by atoms with E-state index in [1.165, 1.54) is 11.6 Å². The molecule has 1 fully saturated rings. The Bertz CT molecular complexity index is 1080. The normalized spacial score (nSPS) is 17.7. The summed E-state index contributed by atoms with van der Waals surface area (Å²) in [4.78, 5) is 6.59. The number of hydrogen-bond donors (Lipinski definition) is 2. The summed E-state index contributed by atoms with van der Waals surface area (Å²) in [6, 6.07) is 16.3. The van der Waals surface area contributed by atoms with Crippen LogP contribution in [-0.4, -0.2) is 43.7 Å². The monoisotopic (exact) mass is 396 g/mol. The second-order valence-corrected chi connectivity index (χ2v) is 9.09. The van der Waals surface area contributed by atoms with Crippen LogP contribution in [0.15, 0.2) is 60.9 Å². The van der Waals surface area contributed by atoms with Gasteiger partial charge in [0.1, 0.15) is 0 Å². The maximum Gasteiger partial charge on any atom is 0.229 e. The minimum absolute atomic E-state index is 0.385.